The highest BCUT2D eigenvalue weighted by atomic mass is 15.3. The van der Waals surface area contributed by atoms with Crippen molar-refractivity contribution in [3.63, 3.8) is 0 Å². The van der Waals surface area contributed by atoms with E-state index in [1.807, 2.05) is 12.1 Å². The summed E-state index contributed by atoms with van der Waals surface area (Å²) in [5.74, 6) is 2.24. The van der Waals surface area contributed by atoms with E-state index in [0.717, 1.165) is 24.8 Å². The summed E-state index contributed by atoms with van der Waals surface area (Å²) >= 11 is 0. The monoisotopic (exact) mass is 235 g/mol. The van der Waals surface area contributed by atoms with E-state index in [9.17, 15) is 0 Å². The smallest absolute Gasteiger partial charge is 0.151 e. The maximum atomic E-state index is 5.54. The highest BCUT2D eigenvalue weighted by molar-refractivity contribution is 5.41. The van der Waals surface area contributed by atoms with Crippen LogP contribution in [0.15, 0.2) is 12.1 Å². The van der Waals surface area contributed by atoms with Crippen molar-refractivity contribution in [1.82, 2.24) is 15.1 Å². The van der Waals surface area contributed by atoms with E-state index < -0.39 is 0 Å². The number of rotatable bonds is 3. The second kappa shape index (κ2) is 5.31. The Hall–Kier alpha value is -1.36. The molecular weight excluding hydrogens is 214 g/mol. The Morgan fingerprint density at radius 1 is 1.29 bits per heavy atom. The summed E-state index contributed by atoms with van der Waals surface area (Å²) in [7, 11) is 4.27. The van der Waals surface area contributed by atoms with E-state index >= 15 is 0 Å². The SMILES string of the molecule is CN(C)CC1CCN(c2ccc(N)nn2)CC1. The van der Waals surface area contributed by atoms with E-state index in [2.05, 4.69) is 34.1 Å². The fourth-order valence-electron chi connectivity index (χ4n) is 2.37. The normalized spacial score (nSPS) is 17.7. The fourth-order valence-corrected chi connectivity index (χ4v) is 2.37. The molecule has 2 N–H and O–H groups in total. The van der Waals surface area contributed by atoms with E-state index in [0.29, 0.717) is 5.82 Å². The van der Waals surface area contributed by atoms with Gasteiger partial charge in [-0.25, -0.2) is 0 Å². The van der Waals surface area contributed by atoms with Crippen LogP contribution >= 0.6 is 0 Å². The molecule has 1 aliphatic heterocycles. The van der Waals surface area contributed by atoms with Crippen LogP contribution in [0.4, 0.5) is 11.6 Å². The number of aromatic nitrogens is 2. The average molecular weight is 235 g/mol. The molecule has 1 fully saturated rings. The summed E-state index contributed by atoms with van der Waals surface area (Å²) in [5, 5.41) is 8.03. The molecule has 0 aromatic carbocycles. The van der Waals surface area contributed by atoms with Gasteiger partial charge in [0.05, 0.1) is 0 Å². The molecule has 0 unspecified atom stereocenters. The van der Waals surface area contributed by atoms with Crippen LogP contribution in [0.1, 0.15) is 12.8 Å². The minimum absolute atomic E-state index is 0.483. The van der Waals surface area contributed by atoms with E-state index in [-0.39, 0.29) is 0 Å². The topological polar surface area (TPSA) is 58.3 Å². The van der Waals surface area contributed by atoms with E-state index in [4.69, 9.17) is 5.73 Å². The molecule has 5 nitrogen and oxygen atoms in total. The lowest BCUT2D eigenvalue weighted by Gasteiger charge is -2.33. The third kappa shape index (κ3) is 3.30. The maximum absolute atomic E-state index is 5.54. The zero-order valence-electron chi connectivity index (χ0n) is 10.6. The largest absolute Gasteiger partial charge is 0.382 e. The Morgan fingerprint density at radius 2 is 2.00 bits per heavy atom. The highest BCUT2D eigenvalue weighted by Gasteiger charge is 2.20. The standard InChI is InChI=1S/C12H21N5/c1-16(2)9-10-5-7-17(8-6-10)12-4-3-11(13)14-15-12/h3-4,10H,5-9H2,1-2H3,(H2,13,14). The summed E-state index contributed by atoms with van der Waals surface area (Å²) in [6, 6.07) is 3.77. The van der Waals surface area contributed by atoms with Crippen LogP contribution in [0.25, 0.3) is 0 Å². The summed E-state index contributed by atoms with van der Waals surface area (Å²) in [4.78, 5) is 4.56. The van der Waals surface area contributed by atoms with Gasteiger partial charge < -0.3 is 15.5 Å². The van der Waals surface area contributed by atoms with Crippen molar-refractivity contribution in [2.24, 2.45) is 5.92 Å². The van der Waals surface area contributed by atoms with Gasteiger partial charge in [0.1, 0.15) is 5.82 Å². The molecule has 0 spiro atoms. The molecule has 0 saturated carbocycles. The number of hydrogen-bond acceptors (Lipinski definition) is 5. The van der Waals surface area contributed by atoms with Crippen molar-refractivity contribution in [1.29, 1.82) is 0 Å². The average Bonchev–Trinajstić information content (AvgIpc) is 2.30. The van der Waals surface area contributed by atoms with Gasteiger partial charge >= 0.3 is 0 Å². The molecule has 1 aromatic rings. The first kappa shape index (κ1) is 12.1. The van der Waals surface area contributed by atoms with Crippen molar-refractivity contribution < 1.29 is 0 Å². The van der Waals surface area contributed by atoms with E-state index in [1.54, 1.807) is 0 Å². The molecule has 5 heteroatoms. The molecule has 0 atom stereocenters. The molecule has 1 saturated heterocycles. The van der Waals surface area contributed by atoms with Gasteiger partial charge in [-0.15, -0.1) is 10.2 Å². The van der Waals surface area contributed by atoms with Gasteiger partial charge in [-0.1, -0.05) is 0 Å². The van der Waals surface area contributed by atoms with Gasteiger partial charge in [-0.05, 0) is 45.0 Å². The number of nitrogens with two attached hydrogens (primary N) is 1. The van der Waals surface area contributed by atoms with E-state index in [1.165, 1.54) is 19.4 Å². The second-order valence-corrected chi connectivity index (χ2v) is 5.01. The fraction of sp³-hybridized carbons (Fsp3) is 0.667. The van der Waals surface area contributed by atoms with Crippen LogP contribution in [0, 0.1) is 5.92 Å². The second-order valence-electron chi connectivity index (χ2n) is 5.01. The lowest BCUT2D eigenvalue weighted by Crippen LogP contribution is -2.37. The number of hydrogen-bond donors (Lipinski definition) is 1. The molecule has 0 aliphatic carbocycles. The summed E-state index contributed by atoms with van der Waals surface area (Å²) in [6.07, 6.45) is 2.45. The lowest BCUT2D eigenvalue weighted by molar-refractivity contribution is 0.284. The summed E-state index contributed by atoms with van der Waals surface area (Å²) < 4.78 is 0. The Bertz CT molecular complexity index is 340. The summed E-state index contributed by atoms with van der Waals surface area (Å²) in [5.41, 5.74) is 5.54. The Labute approximate surface area is 103 Å². The van der Waals surface area contributed by atoms with Gasteiger partial charge in [0.2, 0.25) is 0 Å². The molecule has 1 aliphatic rings. The van der Waals surface area contributed by atoms with Gasteiger partial charge in [-0.3, -0.25) is 0 Å². The molecule has 94 valence electrons. The zero-order valence-corrected chi connectivity index (χ0v) is 10.6. The first-order valence-corrected chi connectivity index (χ1v) is 6.14. The number of anilines is 2. The van der Waals surface area contributed by atoms with Crippen molar-refractivity contribution in [2.45, 2.75) is 12.8 Å². The molecular formula is C12H21N5. The lowest BCUT2D eigenvalue weighted by atomic mass is 9.96. The van der Waals surface area contributed by atoms with Gasteiger partial charge in [0.25, 0.3) is 0 Å². The van der Waals surface area contributed by atoms with Crippen LogP contribution < -0.4 is 10.6 Å². The number of piperidine rings is 1. The minimum atomic E-state index is 0.483. The van der Waals surface area contributed by atoms with Crippen molar-refractivity contribution in [2.75, 3.05) is 44.4 Å². The van der Waals surface area contributed by atoms with Gasteiger partial charge in [0.15, 0.2) is 5.82 Å². The van der Waals surface area contributed by atoms with Crippen molar-refractivity contribution in [3.05, 3.63) is 12.1 Å². The molecule has 17 heavy (non-hydrogen) atoms. The predicted octanol–water partition coefficient (Wildman–Crippen LogP) is 0.837. The first-order valence-electron chi connectivity index (χ1n) is 6.14. The highest BCUT2D eigenvalue weighted by Crippen LogP contribution is 2.21. The molecule has 2 rings (SSSR count). The molecule has 2 heterocycles. The van der Waals surface area contributed by atoms with Gasteiger partial charge in [0, 0.05) is 19.6 Å². The minimum Gasteiger partial charge on any atom is -0.382 e. The summed E-state index contributed by atoms with van der Waals surface area (Å²) in [6.45, 7) is 3.31. The van der Waals surface area contributed by atoms with Gasteiger partial charge in [-0.2, -0.15) is 0 Å². The Morgan fingerprint density at radius 3 is 2.53 bits per heavy atom. The Kier molecular flexibility index (Phi) is 3.78. The van der Waals surface area contributed by atoms with Crippen LogP contribution in [0.3, 0.4) is 0 Å². The number of nitrogens with zero attached hydrogens (tertiary/aromatic N) is 4. The Balaban J connectivity index is 1.88. The molecule has 0 radical (unpaired) electrons. The van der Waals surface area contributed by atoms with Crippen LogP contribution in [-0.2, 0) is 0 Å². The predicted molar refractivity (Wildman–Crippen MR) is 69.9 cm³/mol. The van der Waals surface area contributed by atoms with Crippen LogP contribution in [-0.4, -0.2) is 48.8 Å². The number of nitrogen functional groups attached to an aromatic ring is 1. The van der Waals surface area contributed by atoms with Crippen LogP contribution in [0.2, 0.25) is 0 Å². The third-order valence-electron chi connectivity index (χ3n) is 3.23. The molecule has 1 aromatic heterocycles. The zero-order chi connectivity index (χ0) is 12.3. The molecule has 0 amide bonds. The first-order chi connectivity index (χ1) is 8.15. The van der Waals surface area contributed by atoms with Crippen molar-refractivity contribution >= 4 is 11.6 Å². The molecule has 0 bridgehead atoms. The van der Waals surface area contributed by atoms with Crippen molar-refractivity contribution in [3.8, 4) is 0 Å². The maximum Gasteiger partial charge on any atom is 0.151 e. The third-order valence-corrected chi connectivity index (χ3v) is 3.23. The van der Waals surface area contributed by atoms with Crippen LogP contribution in [0.5, 0.6) is 0 Å². The quantitative estimate of drug-likeness (QED) is 0.841.